The summed E-state index contributed by atoms with van der Waals surface area (Å²) in [5, 5.41) is 8.86. The van der Waals surface area contributed by atoms with Crippen LogP contribution in [-0.4, -0.2) is 25.5 Å². The highest BCUT2D eigenvalue weighted by atomic mass is 32.2. The molecule has 0 spiro atoms. The molecular weight excluding hydrogens is 254 g/mol. The summed E-state index contributed by atoms with van der Waals surface area (Å²) in [5.41, 5.74) is 0.537. The topological polar surface area (TPSA) is 83.5 Å². The minimum atomic E-state index is -3.88. The van der Waals surface area contributed by atoms with E-state index in [1.54, 1.807) is 25.1 Å². The van der Waals surface area contributed by atoms with Crippen molar-refractivity contribution in [2.75, 3.05) is 0 Å². The van der Waals surface area contributed by atoms with E-state index in [9.17, 15) is 13.2 Å². The summed E-state index contributed by atoms with van der Waals surface area (Å²) in [6.45, 7) is 1.63. The number of carboxylic acid groups (broad SMARTS) is 1. The smallest absolute Gasteiger partial charge is 0.322 e. The molecule has 0 aromatic heterocycles. The van der Waals surface area contributed by atoms with Gasteiger partial charge in [-0.25, -0.2) is 8.42 Å². The third kappa shape index (κ3) is 3.32. The van der Waals surface area contributed by atoms with Crippen molar-refractivity contribution >= 4 is 16.0 Å². The van der Waals surface area contributed by atoms with Crippen molar-refractivity contribution in [2.24, 2.45) is 0 Å². The van der Waals surface area contributed by atoms with Gasteiger partial charge in [-0.1, -0.05) is 18.2 Å². The molecule has 0 heterocycles. The first-order chi connectivity index (χ1) is 8.38. The lowest BCUT2D eigenvalue weighted by Gasteiger charge is -2.13. The van der Waals surface area contributed by atoms with Gasteiger partial charge < -0.3 is 5.11 Å². The average molecular weight is 267 g/mol. The Morgan fingerprint density at radius 3 is 2.61 bits per heavy atom. The number of carbonyl (C=O) groups is 1. The zero-order valence-corrected chi connectivity index (χ0v) is 10.6. The predicted octanol–water partition coefficient (Wildman–Crippen LogP) is 0.750. The van der Waals surface area contributed by atoms with E-state index in [0.717, 1.165) is 0 Å². The molecule has 0 bridgehead atoms. The highest BCUT2D eigenvalue weighted by Crippen LogP contribution is 2.14. The molecule has 0 aliphatic rings. The zero-order valence-electron chi connectivity index (χ0n) is 9.75. The molecule has 1 aromatic rings. The van der Waals surface area contributed by atoms with E-state index in [2.05, 4.69) is 10.6 Å². The lowest BCUT2D eigenvalue weighted by atomic mass is 10.2. The van der Waals surface area contributed by atoms with Crippen molar-refractivity contribution < 1.29 is 18.3 Å². The molecule has 1 rings (SSSR count). The van der Waals surface area contributed by atoms with Gasteiger partial charge in [0.15, 0.2) is 0 Å². The number of aliphatic carboxylic acids is 1. The fraction of sp³-hybridized carbons (Fsp3) is 0.250. The van der Waals surface area contributed by atoms with Crippen molar-refractivity contribution in [3.63, 3.8) is 0 Å². The molecule has 1 aromatic carbocycles. The van der Waals surface area contributed by atoms with Gasteiger partial charge in [0.05, 0.1) is 4.90 Å². The first-order valence-electron chi connectivity index (χ1n) is 5.12. The van der Waals surface area contributed by atoms with E-state index in [1.807, 2.05) is 0 Å². The Bertz CT molecular complexity index is 586. The fourth-order valence-electron chi connectivity index (χ4n) is 1.41. The second kappa shape index (κ2) is 5.67. The van der Waals surface area contributed by atoms with Crippen molar-refractivity contribution in [1.29, 1.82) is 0 Å². The summed E-state index contributed by atoms with van der Waals surface area (Å²) in [7, 11) is -3.88. The van der Waals surface area contributed by atoms with Gasteiger partial charge in [0, 0.05) is 6.42 Å². The largest absolute Gasteiger partial charge is 0.480 e. The van der Waals surface area contributed by atoms with Gasteiger partial charge in [-0.05, 0) is 18.6 Å². The van der Waals surface area contributed by atoms with E-state index in [4.69, 9.17) is 11.5 Å². The number of sulfonamides is 1. The SMILES string of the molecule is C#CCC(NS(=O)(=O)c1ccccc1C)C(=O)O. The van der Waals surface area contributed by atoms with Crippen molar-refractivity contribution in [1.82, 2.24) is 4.72 Å². The third-order valence-corrected chi connectivity index (χ3v) is 3.93. The number of benzene rings is 1. The first-order valence-corrected chi connectivity index (χ1v) is 6.61. The standard InChI is InChI=1S/C12H13NO4S/c1-3-6-10(12(14)15)13-18(16,17)11-8-5-4-7-9(11)2/h1,4-5,7-8,10,13H,6H2,2H3,(H,14,15). The van der Waals surface area contributed by atoms with Crippen LogP contribution in [0.1, 0.15) is 12.0 Å². The highest BCUT2D eigenvalue weighted by Gasteiger charge is 2.25. The van der Waals surface area contributed by atoms with Crippen molar-refractivity contribution in [2.45, 2.75) is 24.3 Å². The zero-order chi connectivity index (χ0) is 13.8. The number of hydrogen-bond acceptors (Lipinski definition) is 3. The molecule has 1 atom stereocenters. The lowest BCUT2D eigenvalue weighted by Crippen LogP contribution is -2.40. The number of rotatable bonds is 5. The van der Waals surface area contributed by atoms with Gasteiger partial charge in [-0.15, -0.1) is 12.3 Å². The quantitative estimate of drug-likeness (QED) is 0.771. The van der Waals surface area contributed by atoms with Crippen LogP contribution >= 0.6 is 0 Å². The van der Waals surface area contributed by atoms with Gasteiger partial charge >= 0.3 is 5.97 Å². The Hall–Kier alpha value is -1.84. The van der Waals surface area contributed by atoms with E-state index in [-0.39, 0.29) is 11.3 Å². The molecule has 0 aliphatic heterocycles. The number of carboxylic acids is 1. The Labute approximate surface area is 106 Å². The minimum absolute atomic E-state index is 0.0493. The Balaban J connectivity index is 3.06. The predicted molar refractivity (Wildman–Crippen MR) is 66.4 cm³/mol. The number of aryl methyl sites for hydroxylation is 1. The van der Waals surface area contributed by atoms with Crippen LogP contribution in [0.25, 0.3) is 0 Å². The molecule has 2 N–H and O–H groups in total. The summed E-state index contributed by atoms with van der Waals surface area (Å²) >= 11 is 0. The van der Waals surface area contributed by atoms with Crippen LogP contribution in [0.5, 0.6) is 0 Å². The Kier molecular flexibility index (Phi) is 4.48. The molecular formula is C12H13NO4S. The third-order valence-electron chi connectivity index (χ3n) is 2.30. The molecule has 0 aliphatic carbocycles. The summed E-state index contributed by atoms with van der Waals surface area (Å²) in [5.74, 6) is 0.829. The van der Waals surface area contributed by atoms with Crippen LogP contribution in [0.2, 0.25) is 0 Å². The first kappa shape index (κ1) is 14.2. The van der Waals surface area contributed by atoms with Crippen LogP contribution < -0.4 is 4.72 Å². The van der Waals surface area contributed by atoms with Gasteiger partial charge in [0.25, 0.3) is 0 Å². The summed E-state index contributed by atoms with van der Waals surface area (Å²) in [4.78, 5) is 10.9. The van der Waals surface area contributed by atoms with E-state index < -0.39 is 22.0 Å². The lowest BCUT2D eigenvalue weighted by molar-refractivity contribution is -0.138. The molecule has 5 nitrogen and oxygen atoms in total. The maximum absolute atomic E-state index is 12.0. The monoisotopic (exact) mass is 267 g/mol. The van der Waals surface area contributed by atoms with E-state index in [1.165, 1.54) is 6.07 Å². The molecule has 6 heteroatoms. The van der Waals surface area contributed by atoms with Gasteiger partial charge in [0.2, 0.25) is 10.0 Å². The van der Waals surface area contributed by atoms with E-state index in [0.29, 0.717) is 5.56 Å². The average Bonchev–Trinajstić information content (AvgIpc) is 2.28. The fourth-order valence-corrected chi connectivity index (χ4v) is 2.84. The summed E-state index contributed by atoms with van der Waals surface area (Å²) in [6, 6.07) is 4.99. The van der Waals surface area contributed by atoms with Gasteiger partial charge in [0.1, 0.15) is 6.04 Å². The summed E-state index contributed by atoms with van der Waals surface area (Å²) in [6.07, 6.45) is 4.80. The second-order valence-electron chi connectivity index (χ2n) is 3.69. The number of nitrogens with one attached hydrogen (secondary N) is 1. The normalized spacial score (nSPS) is 12.7. The molecule has 0 radical (unpaired) electrons. The number of hydrogen-bond donors (Lipinski definition) is 2. The van der Waals surface area contributed by atoms with Crippen LogP contribution in [-0.2, 0) is 14.8 Å². The summed E-state index contributed by atoms with van der Waals surface area (Å²) < 4.78 is 26.1. The molecule has 96 valence electrons. The van der Waals surface area contributed by atoms with Crippen molar-refractivity contribution in [3.8, 4) is 12.3 Å². The molecule has 1 unspecified atom stereocenters. The van der Waals surface area contributed by atoms with Gasteiger partial charge in [-0.2, -0.15) is 4.72 Å². The Morgan fingerprint density at radius 1 is 1.50 bits per heavy atom. The van der Waals surface area contributed by atoms with Crippen LogP contribution in [0.4, 0.5) is 0 Å². The molecule has 0 amide bonds. The maximum atomic E-state index is 12.0. The van der Waals surface area contributed by atoms with E-state index >= 15 is 0 Å². The Morgan fingerprint density at radius 2 is 2.11 bits per heavy atom. The van der Waals surface area contributed by atoms with Gasteiger partial charge in [-0.3, -0.25) is 4.79 Å². The van der Waals surface area contributed by atoms with Crippen LogP contribution in [0.15, 0.2) is 29.2 Å². The minimum Gasteiger partial charge on any atom is -0.480 e. The molecule has 18 heavy (non-hydrogen) atoms. The van der Waals surface area contributed by atoms with Crippen LogP contribution in [0, 0.1) is 19.3 Å². The second-order valence-corrected chi connectivity index (χ2v) is 5.37. The highest BCUT2D eigenvalue weighted by molar-refractivity contribution is 7.89. The van der Waals surface area contributed by atoms with Crippen molar-refractivity contribution in [3.05, 3.63) is 29.8 Å². The molecule has 0 saturated carbocycles. The van der Waals surface area contributed by atoms with Crippen LogP contribution in [0.3, 0.4) is 0 Å². The maximum Gasteiger partial charge on any atom is 0.322 e. The number of terminal acetylenes is 1. The molecule has 0 fully saturated rings. The molecule has 0 saturated heterocycles.